The summed E-state index contributed by atoms with van der Waals surface area (Å²) in [7, 11) is 0. The summed E-state index contributed by atoms with van der Waals surface area (Å²) < 4.78 is 0. The van der Waals surface area contributed by atoms with Crippen molar-refractivity contribution in [2.45, 2.75) is 77.2 Å². The molecule has 1 atom stereocenters. The van der Waals surface area contributed by atoms with E-state index >= 15 is 0 Å². The Balaban J connectivity index is 2.03. The van der Waals surface area contributed by atoms with Crippen molar-refractivity contribution in [2.24, 2.45) is 5.41 Å². The molecule has 0 aromatic rings. The maximum absolute atomic E-state index is 12.6. The van der Waals surface area contributed by atoms with Gasteiger partial charge in [0.05, 0.1) is 5.41 Å². The fourth-order valence-electron chi connectivity index (χ4n) is 3.87. The smallest absolute Gasteiger partial charge is 0.310 e. The number of hydrogen-bond donors (Lipinski definition) is 1. The predicted molar refractivity (Wildman–Crippen MR) is 77.4 cm³/mol. The molecule has 1 aliphatic carbocycles. The van der Waals surface area contributed by atoms with E-state index in [1.54, 1.807) is 0 Å². The second-order valence-electron chi connectivity index (χ2n) is 6.49. The van der Waals surface area contributed by atoms with Crippen LogP contribution in [0.2, 0.25) is 0 Å². The minimum Gasteiger partial charge on any atom is -0.481 e. The number of nitrogens with zero attached hydrogens (tertiary/aromatic N) is 1. The van der Waals surface area contributed by atoms with Crippen LogP contribution in [0.4, 0.5) is 0 Å². The second-order valence-corrected chi connectivity index (χ2v) is 6.49. The Kier molecular flexibility index (Phi) is 5.06. The summed E-state index contributed by atoms with van der Waals surface area (Å²) in [5.41, 5.74) is -0.773. The molecule has 114 valence electrons. The van der Waals surface area contributed by atoms with Crippen molar-refractivity contribution in [2.75, 3.05) is 6.54 Å². The molecule has 1 N–H and O–H groups in total. The molecular weight excluding hydrogens is 254 g/mol. The molecule has 0 bridgehead atoms. The monoisotopic (exact) mass is 281 g/mol. The number of carbonyl (C=O) groups excluding carboxylic acids is 1. The first-order chi connectivity index (χ1) is 9.59. The minimum absolute atomic E-state index is 0.0763. The summed E-state index contributed by atoms with van der Waals surface area (Å²) >= 11 is 0. The molecule has 1 saturated carbocycles. The zero-order chi connectivity index (χ0) is 14.6. The van der Waals surface area contributed by atoms with E-state index in [9.17, 15) is 14.7 Å². The molecule has 20 heavy (non-hydrogen) atoms. The Morgan fingerprint density at radius 2 is 1.90 bits per heavy atom. The summed E-state index contributed by atoms with van der Waals surface area (Å²) in [5.74, 6) is -0.695. The van der Waals surface area contributed by atoms with Crippen LogP contribution in [0.25, 0.3) is 0 Å². The topological polar surface area (TPSA) is 57.6 Å². The van der Waals surface area contributed by atoms with Crippen LogP contribution in [0.15, 0.2) is 0 Å². The normalized spacial score (nSPS) is 25.6. The van der Waals surface area contributed by atoms with Gasteiger partial charge in [-0.15, -0.1) is 0 Å². The lowest BCUT2D eigenvalue weighted by Crippen LogP contribution is -2.46. The molecule has 0 aromatic heterocycles. The Bertz CT molecular complexity index is 359. The maximum Gasteiger partial charge on any atom is 0.310 e. The van der Waals surface area contributed by atoms with E-state index in [2.05, 4.69) is 6.92 Å². The van der Waals surface area contributed by atoms with Gasteiger partial charge in [-0.1, -0.05) is 26.2 Å². The first-order valence-corrected chi connectivity index (χ1v) is 8.12. The van der Waals surface area contributed by atoms with E-state index in [4.69, 9.17) is 0 Å². The number of piperidine rings is 1. The Labute approximate surface area is 121 Å². The van der Waals surface area contributed by atoms with E-state index in [0.717, 1.165) is 45.1 Å². The molecule has 1 saturated heterocycles. The number of aliphatic carboxylic acids is 1. The molecule has 1 amide bonds. The molecule has 2 fully saturated rings. The maximum atomic E-state index is 12.6. The van der Waals surface area contributed by atoms with E-state index in [1.807, 2.05) is 4.90 Å². The molecule has 0 aromatic carbocycles. The van der Waals surface area contributed by atoms with Crippen LogP contribution in [0.1, 0.15) is 71.1 Å². The van der Waals surface area contributed by atoms with Gasteiger partial charge < -0.3 is 10.0 Å². The molecule has 0 spiro atoms. The molecular formula is C16H27NO3. The largest absolute Gasteiger partial charge is 0.481 e. The van der Waals surface area contributed by atoms with Gasteiger partial charge in [0.1, 0.15) is 0 Å². The number of amides is 1. The molecule has 2 rings (SSSR count). The highest BCUT2D eigenvalue weighted by molar-refractivity contribution is 5.85. The fraction of sp³-hybridized carbons (Fsp3) is 0.875. The highest BCUT2D eigenvalue weighted by Crippen LogP contribution is 2.42. The van der Waals surface area contributed by atoms with E-state index in [1.165, 1.54) is 6.42 Å². The lowest BCUT2D eigenvalue weighted by Gasteiger charge is -2.37. The van der Waals surface area contributed by atoms with Gasteiger partial charge in [0.2, 0.25) is 5.91 Å². The molecule has 1 aliphatic heterocycles. The average Bonchev–Trinajstić information content (AvgIpc) is 2.89. The summed E-state index contributed by atoms with van der Waals surface area (Å²) in [6.07, 6.45) is 8.90. The van der Waals surface area contributed by atoms with Crippen molar-refractivity contribution in [1.29, 1.82) is 0 Å². The molecule has 4 heteroatoms. The van der Waals surface area contributed by atoms with Crippen LogP contribution in [0.5, 0.6) is 0 Å². The number of rotatable bonds is 5. The number of carbonyl (C=O) groups is 2. The van der Waals surface area contributed by atoms with Crippen molar-refractivity contribution >= 4 is 11.9 Å². The lowest BCUT2D eigenvalue weighted by molar-refractivity contribution is -0.154. The fourth-order valence-corrected chi connectivity index (χ4v) is 3.87. The SMILES string of the molecule is CCCC1CCCCN1C(=O)CC1(C(=O)O)CCCC1. The van der Waals surface area contributed by atoms with Crippen molar-refractivity contribution < 1.29 is 14.7 Å². The Morgan fingerprint density at radius 1 is 1.20 bits per heavy atom. The van der Waals surface area contributed by atoms with E-state index in [0.29, 0.717) is 18.9 Å². The molecule has 1 unspecified atom stereocenters. The lowest BCUT2D eigenvalue weighted by atomic mass is 9.82. The van der Waals surface area contributed by atoms with Crippen LogP contribution in [-0.4, -0.2) is 34.5 Å². The minimum atomic E-state index is -0.773. The molecule has 0 radical (unpaired) electrons. The van der Waals surface area contributed by atoms with Gasteiger partial charge in [-0.25, -0.2) is 0 Å². The average molecular weight is 281 g/mol. The number of likely N-dealkylation sites (tertiary alicyclic amines) is 1. The molecule has 2 aliphatic rings. The van der Waals surface area contributed by atoms with Crippen molar-refractivity contribution in [1.82, 2.24) is 4.90 Å². The second kappa shape index (κ2) is 6.59. The number of hydrogen-bond acceptors (Lipinski definition) is 2. The summed E-state index contributed by atoms with van der Waals surface area (Å²) in [6.45, 7) is 2.96. The van der Waals surface area contributed by atoms with Crippen molar-refractivity contribution in [3.05, 3.63) is 0 Å². The third-order valence-corrected chi connectivity index (χ3v) is 5.07. The first kappa shape index (κ1) is 15.3. The Morgan fingerprint density at radius 3 is 2.50 bits per heavy atom. The van der Waals surface area contributed by atoms with Gasteiger partial charge in [-0.3, -0.25) is 9.59 Å². The number of carboxylic acid groups (broad SMARTS) is 1. The quantitative estimate of drug-likeness (QED) is 0.842. The van der Waals surface area contributed by atoms with E-state index < -0.39 is 11.4 Å². The molecule has 1 heterocycles. The highest BCUT2D eigenvalue weighted by Gasteiger charge is 2.44. The van der Waals surface area contributed by atoms with Gasteiger partial charge in [-0.2, -0.15) is 0 Å². The Hall–Kier alpha value is -1.06. The standard InChI is InChI=1S/C16H27NO3/c1-2-7-13-8-3-6-11-17(13)14(18)12-16(15(19)20)9-4-5-10-16/h13H,2-12H2,1H3,(H,19,20). The third-order valence-electron chi connectivity index (χ3n) is 5.07. The zero-order valence-electron chi connectivity index (χ0n) is 12.6. The summed E-state index contributed by atoms with van der Waals surface area (Å²) in [6, 6.07) is 0.341. The van der Waals surface area contributed by atoms with Crippen LogP contribution in [0.3, 0.4) is 0 Å². The highest BCUT2D eigenvalue weighted by atomic mass is 16.4. The molecule has 4 nitrogen and oxygen atoms in total. The van der Waals surface area contributed by atoms with Crippen LogP contribution < -0.4 is 0 Å². The van der Waals surface area contributed by atoms with E-state index in [-0.39, 0.29) is 12.3 Å². The van der Waals surface area contributed by atoms with Gasteiger partial charge >= 0.3 is 5.97 Å². The summed E-state index contributed by atoms with van der Waals surface area (Å²) in [4.78, 5) is 26.2. The van der Waals surface area contributed by atoms with Gasteiger partial charge in [0.15, 0.2) is 0 Å². The zero-order valence-corrected chi connectivity index (χ0v) is 12.6. The van der Waals surface area contributed by atoms with Crippen molar-refractivity contribution in [3.8, 4) is 0 Å². The predicted octanol–water partition coefficient (Wildman–Crippen LogP) is 3.20. The first-order valence-electron chi connectivity index (χ1n) is 8.12. The van der Waals surface area contributed by atoms with Crippen LogP contribution in [-0.2, 0) is 9.59 Å². The summed E-state index contributed by atoms with van der Waals surface area (Å²) in [5, 5.41) is 9.51. The third kappa shape index (κ3) is 3.15. The van der Waals surface area contributed by atoms with Crippen molar-refractivity contribution in [3.63, 3.8) is 0 Å². The van der Waals surface area contributed by atoms with Gasteiger partial charge in [0.25, 0.3) is 0 Å². The van der Waals surface area contributed by atoms with Crippen LogP contribution >= 0.6 is 0 Å². The number of carboxylic acids is 1. The van der Waals surface area contributed by atoms with Gasteiger partial charge in [0, 0.05) is 19.0 Å². The van der Waals surface area contributed by atoms with Crippen LogP contribution in [0, 0.1) is 5.41 Å². The van der Waals surface area contributed by atoms with Gasteiger partial charge in [-0.05, 0) is 38.5 Å².